The van der Waals surface area contributed by atoms with Gasteiger partial charge in [0.1, 0.15) is 16.9 Å². The first-order valence-electron chi connectivity index (χ1n) is 17.4. The van der Waals surface area contributed by atoms with Crippen molar-refractivity contribution in [2.24, 2.45) is 0 Å². The van der Waals surface area contributed by atoms with Crippen LogP contribution in [0.5, 0.6) is 0 Å². The predicted octanol–water partition coefficient (Wildman–Crippen LogP) is 8.60. The number of fused-ring (bicyclic) bond motifs is 1. The molecule has 248 valence electrons. The highest BCUT2D eigenvalue weighted by Gasteiger charge is 2.40. The molecule has 0 N–H and O–H groups in total. The molecule has 9 rings (SSSR count). The van der Waals surface area contributed by atoms with Gasteiger partial charge in [0.05, 0.1) is 30.8 Å². The van der Waals surface area contributed by atoms with Gasteiger partial charge in [-0.05, 0) is 53.1 Å². The summed E-state index contributed by atoms with van der Waals surface area (Å²) in [6.45, 7) is 3.26. The maximum atomic E-state index is 5.62. The summed E-state index contributed by atoms with van der Waals surface area (Å²) >= 11 is 0. The average Bonchev–Trinajstić information content (AvgIpc) is 3.86. The van der Waals surface area contributed by atoms with Crippen molar-refractivity contribution in [3.8, 4) is 33.8 Å². The first-order chi connectivity index (χ1) is 25.3. The Morgan fingerprint density at radius 3 is 1.78 bits per heavy atom. The molecule has 0 bridgehead atoms. The summed E-state index contributed by atoms with van der Waals surface area (Å²) in [5.74, 6) is 0. The molecular weight excluding hydrogens is 629 g/mol. The highest BCUT2D eigenvalue weighted by molar-refractivity contribution is 5.82. The fraction of sp³-hybridized carbons (Fsp3) is 0.114. The summed E-state index contributed by atoms with van der Waals surface area (Å²) in [5, 5.41) is 5.59. The van der Waals surface area contributed by atoms with Crippen molar-refractivity contribution in [1.82, 2.24) is 24.1 Å². The van der Waals surface area contributed by atoms with Crippen LogP contribution in [0.1, 0.15) is 16.7 Å². The van der Waals surface area contributed by atoms with E-state index in [0.717, 1.165) is 82.4 Å². The number of rotatable bonds is 8. The lowest BCUT2D eigenvalue weighted by Crippen LogP contribution is -2.38. The molecule has 1 aliphatic rings. The Morgan fingerprint density at radius 1 is 0.569 bits per heavy atom. The van der Waals surface area contributed by atoms with Crippen molar-refractivity contribution in [3.05, 3.63) is 187 Å². The Bertz CT molecular complexity index is 2290. The van der Waals surface area contributed by atoms with Gasteiger partial charge in [-0.15, -0.1) is 0 Å². The standard InChI is InChI=1S/C44H36N6O/c1-4-12-35(13-5-1)44(36-14-6-2-7-15-36,37-16-8-3-9-17-37)50-32-39(43(47-50)33-19-22-38(23-20-33)48-26-28-51-29-27-48)34-21-24-42-46-30-41(49(42)31-34)40-18-10-11-25-45-40/h1-25,30-32H,26-29H2. The summed E-state index contributed by atoms with van der Waals surface area (Å²) in [7, 11) is 0. The van der Waals surface area contributed by atoms with Crippen molar-refractivity contribution in [2.45, 2.75) is 5.54 Å². The van der Waals surface area contributed by atoms with Gasteiger partial charge in [-0.2, -0.15) is 5.10 Å². The molecule has 8 aromatic rings. The van der Waals surface area contributed by atoms with Gasteiger partial charge in [0.2, 0.25) is 0 Å². The number of benzene rings is 4. The van der Waals surface area contributed by atoms with Crippen molar-refractivity contribution >= 4 is 11.3 Å². The Labute approximate surface area is 297 Å². The summed E-state index contributed by atoms with van der Waals surface area (Å²) in [6, 6.07) is 51.1. The Balaban J connectivity index is 1.29. The van der Waals surface area contributed by atoms with E-state index in [-0.39, 0.29) is 0 Å². The maximum absolute atomic E-state index is 5.62. The molecule has 0 unspecified atom stereocenters. The van der Waals surface area contributed by atoms with Crippen LogP contribution in [0.15, 0.2) is 170 Å². The number of nitrogens with zero attached hydrogens (tertiary/aromatic N) is 6. The Kier molecular flexibility index (Phi) is 7.95. The van der Waals surface area contributed by atoms with Gasteiger partial charge in [-0.3, -0.25) is 14.1 Å². The van der Waals surface area contributed by atoms with Gasteiger partial charge < -0.3 is 9.64 Å². The van der Waals surface area contributed by atoms with E-state index in [0.29, 0.717) is 0 Å². The molecule has 51 heavy (non-hydrogen) atoms. The van der Waals surface area contributed by atoms with Crippen LogP contribution in [0, 0.1) is 0 Å². The molecule has 0 saturated carbocycles. The Morgan fingerprint density at radius 2 is 1.18 bits per heavy atom. The van der Waals surface area contributed by atoms with E-state index in [1.54, 1.807) is 0 Å². The minimum atomic E-state index is -0.761. The molecule has 0 aliphatic carbocycles. The highest BCUT2D eigenvalue weighted by Crippen LogP contribution is 2.43. The second-order valence-corrected chi connectivity index (χ2v) is 12.8. The van der Waals surface area contributed by atoms with Crippen molar-refractivity contribution in [2.75, 3.05) is 31.2 Å². The van der Waals surface area contributed by atoms with E-state index in [1.165, 1.54) is 5.69 Å². The van der Waals surface area contributed by atoms with Crippen molar-refractivity contribution in [1.29, 1.82) is 0 Å². The summed E-state index contributed by atoms with van der Waals surface area (Å²) in [4.78, 5) is 11.7. The lowest BCUT2D eigenvalue weighted by Gasteiger charge is -2.36. The largest absolute Gasteiger partial charge is 0.378 e. The van der Waals surface area contributed by atoms with Crippen LogP contribution < -0.4 is 4.90 Å². The number of ether oxygens (including phenoxy) is 1. The number of imidazole rings is 1. The Hall–Kier alpha value is -6.31. The van der Waals surface area contributed by atoms with Crippen LogP contribution in [0.4, 0.5) is 5.69 Å². The molecular formula is C44H36N6O. The topological polar surface area (TPSA) is 60.5 Å². The van der Waals surface area contributed by atoms with Gasteiger partial charge in [0, 0.05) is 54.1 Å². The molecule has 0 spiro atoms. The van der Waals surface area contributed by atoms with E-state index < -0.39 is 5.54 Å². The number of aromatic nitrogens is 5. The molecule has 4 aromatic heterocycles. The van der Waals surface area contributed by atoms with Gasteiger partial charge in [0.25, 0.3) is 0 Å². The average molecular weight is 665 g/mol. The van der Waals surface area contributed by atoms with Crippen molar-refractivity contribution in [3.63, 3.8) is 0 Å². The number of hydrogen-bond acceptors (Lipinski definition) is 5. The van der Waals surface area contributed by atoms with Crippen LogP contribution in [0.25, 0.3) is 39.4 Å². The van der Waals surface area contributed by atoms with E-state index in [1.807, 2.05) is 30.6 Å². The fourth-order valence-electron chi connectivity index (χ4n) is 7.40. The smallest absolute Gasteiger partial charge is 0.138 e. The zero-order valence-corrected chi connectivity index (χ0v) is 28.1. The number of hydrogen-bond donors (Lipinski definition) is 0. The first-order valence-corrected chi connectivity index (χ1v) is 17.4. The third kappa shape index (κ3) is 5.48. The first kappa shape index (κ1) is 30.7. The number of morpholine rings is 1. The molecule has 7 heteroatoms. The van der Waals surface area contributed by atoms with Crippen LogP contribution in [0.3, 0.4) is 0 Å². The summed E-state index contributed by atoms with van der Waals surface area (Å²) in [6.07, 6.45) is 8.09. The van der Waals surface area contributed by atoms with Crippen LogP contribution in [0.2, 0.25) is 0 Å². The SMILES string of the molecule is c1ccc(C(c2ccccc2)(c2ccccc2)n2cc(-c3ccc4ncc(-c5ccccn5)n4c3)c(-c3ccc(N4CCOCC4)cc3)n2)cc1. The van der Waals surface area contributed by atoms with Gasteiger partial charge in [-0.25, -0.2) is 4.98 Å². The van der Waals surface area contributed by atoms with Gasteiger partial charge >= 0.3 is 0 Å². The molecule has 7 nitrogen and oxygen atoms in total. The van der Waals surface area contributed by atoms with E-state index in [2.05, 4.69) is 159 Å². The normalized spacial score (nSPS) is 13.5. The number of anilines is 1. The maximum Gasteiger partial charge on any atom is 0.138 e. The quantitative estimate of drug-likeness (QED) is 0.152. The van der Waals surface area contributed by atoms with E-state index >= 15 is 0 Å². The molecule has 1 saturated heterocycles. The second kappa shape index (κ2) is 13.2. The van der Waals surface area contributed by atoms with Crippen molar-refractivity contribution < 1.29 is 4.74 Å². The fourth-order valence-corrected chi connectivity index (χ4v) is 7.40. The van der Waals surface area contributed by atoms with Crippen LogP contribution >= 0.6 is 0 Å². The van der Waals surface area contributed by atoms with Gasteiger partial charge in [-0.1, -0.05) is 109 Å². The highest BCUT2D eigenvalue weighted by atomic mass is 16.5. The number of pyridine rings is 2. The van der Waals surface area contributed by atoms with E-state index in [9.17, 15) is 0 Å². The molecule has 4 aromatic carbocycles. The summed E-state index contributed by atoms with van der Waals surface area (Å²) in [5.41, 5.74) is 10.4. The predicted molar refractivity (Wildman–Crippen MR) is 203 cm³/mol. The molecule has 0 atom stereocenters. The lowest BCUT2D eigenvalue weighted by atomic mass is 9.77. The molecule has 1 fully saturated rings. The third-order valence-corrected chi connectivity index (χ3v) is 9.89. The van der Waals surface area contributed by atoms with E-state index in [4.69, 9.17) is 14.8 Å². The second-order valence-electron chi connectivity index (χ2n) is 12.8. The third-order valence-electron chi connectivity index (χ3n) is 9.89. The molecule has 5 heterocycles. The minimum absolute atomic E-state index is 0.744. The monoisotopic (exact) mass is 664 g/mol. The molecule has 0 amide bonds. The van der Waals surface area contributed by atoms with Crippen LogP contribution in [-0.4, -0.2) is 50.5 Å². The summed E-state index contributed by atoms with van der Waals surface area (Å²) < 4.78 is 9.92. The zero-order chi connectivity index (χ0) is 34.0. The molecule has 0 radical (unpaired) electrons. The lowest BCUT2D eigenvalue weighted by molar-refractivity contribution is 0.122. The minimum Gasteiger partial charge on any atom is -0.378 e. The zero-order valence-electron chi connectivity index (χ0n) is 28.1. The van der Waals surface area contributed by atoms with Crippen LogP contribution in [-0.2, 0) is 10.3 Å². The van der Waals surface area contributed by atoms with Gasteiger partial charge in [0.15, 0.2) is 0 Å². The molecule has 1 aliphatic heterocycles.